The Bertz CT molecular complexity index is 604. The van der Waals surface area contributed by atoms with Crippen molar-refractivity contribution < 1.29 is 0 Å². The zero-order chi connectivity index (χ0) is 11.6. The van der Waals surface area contributed by atoms with Gasteiger partial charge in [0.05, 0.1) is 17.4 Å². The SMILES string of the molecule is CN1C2CCC1c1c(nc3ccc(Br)cn13)C2. The summed E-state index contributed by atoms with van der Waals surface area (Å²) >= 11 is 3.55. The van der Waals surface area contributed by atoms with Gasteiger partial charge in [-0.2, -0.15) is 0 Å². The summed E-state index contributed by atoms with van der Waals surface area (Å²) in [6.45, 7) is 0. The summed E-state index contributed by atoms with van der Waals surface area (Å²) < 4.78 is 3.38. The number of halogens is 1. The molecule has 88 valence electrons. The van der Waals surface area contributed by atoms with Gasteiger partial charge in [-0.3, -0.25) is 4.90 Å². The van der Waals surface area contributed by atoms with Crippen LogP contribution in [0.25, 0.3) is 5.65 Å². The van der Waals surface area contributed by atoms with Crippen molar-refractivity contribution in [1.29, 1.82) is 0 Å². The predicted octanol–water partition coefficient (Wildman–Crippen LogP) is 2.79. The minimum atomic E-state index is 0.563. The molecule has 0 aromatic carbocycles. The van der Waals surface area contributed by atoms with Gasteiger partial charge in [-0.1, -0.05) is 0 Å². The molecule has 2 unspecified atom stereocenters. The third kappa shape index (κ3) is 1.28. The van der Waals surface area contributed by atoms with Crippen LogP contribution in [0.2, 0.25) is 0 Å². The van der Waals surface area contributed by atoms with Crippen molar-refractivity contribution >= 4 is 21.6 Å². The van der Waals surface area contributed by atoms with Crippen LogP contribution in [-0.4, -0.2) is 27.4 Å². The number of imidazole rings is 1. The third-order valence-corrected chi connectivity index (χ3v) is 4.75. The lowest BCUT2D eigenvalue weighted by molar-refractivity contribution is 0.218. The summed E-state index contributed by atoms with van der Waals surface area (Å²) in [5, 5.41) is 0. The molecular formula is C13H14BrN3. The molecular weight excluding hydrogens is 278 g/mol. The normalized spacial score (nSPS) is 27.6. The maximum atomic E-state index is 4.79. The highest BCUT2D eigenvalue weighted by atomic mass is 79.9. The molecule has 2 aromatic rings. The Balaban J connectivity index is 2.02. The van der Waals surface area contributed by atoms with E-state index >= 15 is 0 Å². The second kappa shape index (κ2) is 3.33. The molecule has 0 saturated carbocycles. The maximum Gasteiger partial charge on any atom is 0.137 e. The van der Waals surface area contributed by atoms with Crippen LogP contribution in [0.4, 0.5) is 0 Å². The standard InChI is InChI=1S/C13H14BrN3/c1-16-9-3-4-11(16)13-10(6-9)15-12-5-2-8(14)7-17(12)13/h2,5,7,9,11H,3-4,6H2,1H3. The Labute approximate surface area is 109 Å². The van der Waals surface area contributed by atoms with Gasteiger partial charge in [-0.15, -0.1) is 0 Å². The summed E-state index contributed by atoms with van der Waals surface area (Å²) in [5.41, 5.74) is 3.81. The minimum absolute atomic E-state index is 0.563. The first kappa shape index (κ1) is 10.1. The van der Waals surface area contributed by atoms with Crippen LogP contribution in [0, 0.1) is 0 Å². The monoisotopic (exact) mass is 291 g/mol. The van der Waals surface area contributed by atoms with Gasteiger partial charge in [0.15, 0.2) is 0 Å². The lowest BCUT2D eigenvalue weighted by atomic mass is 10.0. The molecule has 2 aliphatic heterocycles. The fourth-order valence-electron chi connectivity index (χ4n) is 3.40. The number of pyridine rings is 1. The highest BCUT2D eigenvalue weighted by Gasteiger charge is 2.40. The van der Waals surface area contributed by atoms with E-state index in [0.717, 1.165) is 16.5 Å². The molecule has 0 aliphatic carbocycles. The van der Waals surface area contributed by atoms with Crippen LogP contribution >= 0.6 is 15.9 Å². The molecule has 0 spiro atoms. The predicted molar refractivity (Wildman–Crippen MR) is 70.1 cm³/mol. The summed E-state index contributed by atoms with van der Waals surface area (Å²) in [6, 6.07) is 5.43. The van der Waals surface area contributed by atoms with E-state index < -0.39 is 0 Å². The van der Waals surface area contributed by atoms with Crippen LogP contribution in [-0.2, 0) is 6.42 Å². The van der Waals surface area contributed by atoms with Gasteiger partial charge < -0.3 is 4.40 Å². The quantitative estimate of drug-likeness (QED) is 0.744. The Morgan fingerprint density at radius 2 is 2.24 bits per heavy atom. The number of hydrogen-bond acceptors (Lipinski definition) is 2. The number of fused-ring (bicyclic) bond motifs is 6. The maximum absolute atomic E-state index is 4.79. The second-order valence-electron chi connectivity index (χ2n) is 5.14. The number of likely N-dealkylation sites (N-methyl/N-ethyl adjacent to an activating group) is 1. The minimum Gasteiger partial charge on any atom is -0.301 e. The Hall–Kier alpha value is -0.870. The number of aromatic nitrogens is 2. The Morgan fingerprint density at radius 3 is 3.12 bits per heavy atom. The van der Waals surface area contributed by atoms with E-state index in [-0.39, 0.29) is 0 Å². The molecule has 2 aliphatic rings. The first-order chi connectivity index (χ1) is 8.24. The van der Waals surface area contributed by atoms with Crippen molar-refractivity contribution in [1.82, 2.24) is 14.3 Å². The van der Waals surface area contributed by atoms with Crippen molar-refractivity contribution in [3.63, 3.8) is 0 Å². The Morgan fingerprint density at radius 1 is 1.35 bits per heavy atom. The molecule has 0 amide bonds. The van der Waals surface area contributed by atoms with Crippen molar-refractivity contribution in [3.05, 3.63) is 34.2 Å². The zero-order valence-electron chi connectivity index (χ0n) is 9.73. The lowest BCUT2D eigenvalue weighted by Gasteiger charge is -2.30. The number of rotatable bonds is 0. The van der Waals surface area contributed by atoms with E-state index in [1.165, 1.54) is 24.2 Å². The molecule has 17 heavy (non-hydrogen) atoms. The molecule has 3 nitrogen and oxygen atoms in total. The van der Waals surface area contributed by atoms with E-state index in [0.29, 0.717) is 12.1 Å². The fraction of sp³-hybridized carbons (Fsp3) is 0.462. The van der Waals surface area contributed by atoms with E-state index in [1.807, 2.05) is 0 Å². The smallest absolute Gasteiger partial charge is 0.137 e. The van der Waals surface area contributed by atoms with Crippen LogP contribution < -0.4 is 0 Å². The molecule has 0 N–H and O–H groups in total. The number of hydrogen-bond donors (Lipinski definition) is 0. The molecule has 2 bridgehead atoms. The first-order valence-corrected chi connectivity index (χ1v) is 6.91. The third-order valence-electron chi connectivity index (χ3n) is 4.28. The van der Waals surface area contributed by atoms with Crippen molar-refractivity contribution in [2.75, 3.05) is 7.05 Å². The van der Waals surface area contributed by atoms with Gasteiger partial charge >= 0.3 is 0 Å². The van der Waals surface area contributed by atoms with Gasteiger partial charge in [0.25, 0.3) is 0 Å². The van der Waals surface area contributed by atoms with Gasteiger partial charge in [0.2, 0.25) is 0 Å². The fourth-order valence-corrected chi connectivity index (χ4v) is 3.74. The molecule has 4 heterocycles. The summed E-state index contributed by atoms with van der Waals surface area (Å²) in [4.78, 5) is 7.31. The molecule has 2 aromatic heterocycles. The lowest BCUT2D eigenvalue weighted by Crippen LogP contribution is -2.34. The summed E-state index contributed by atoms with van der Waals surface area (Å²) in [5.74, 6) is 0. The van der Waals surface area contributed by atoms with Crippen molar-refractivity contribution in [3.8, 4) is 0 Å². The molecule has 1 saturated heterocycles. The molecule has 0 radical (unpaired) electrons. The van der Waals surface area contributed by atoms with E-state index in [2.05, 4.69) is 50.6 Å². The van der Waals surface area contributed by atoms with Crippen molar-refractivity contribution in [2.45, 2.75) is 31.3 Å². The second-order valence-corrected chi connectivity index (χ2v) is 6.05. The van der Waals surface area contributed by atoms with E-state index in [4.69, 9.17) is 4.98 Å². The van der Waals surface area contributed by atoms with Gasteiger partial charge in [0.1, 0.15) is 5.65 Å². The van der Waals surface area contributed by atoms with Gasteiger partial charge in [0, 0.05) is 23.1 Å². The largest absolute Gasteiger partial charge is 0.301 e. The highest BCUT2D eigenvalue weighted by Crippen LogP contribution is 2.42. The number of nitrogens with zero attached hydrogens (tertiary/aromatic N) is 3. The van der Waals surface area contributed by atoms with Gasteiger partial charge in [-0.25, -0.2) is 4.98 Å². The molecule has 1 fully saturated rings. The molecule has 4 rings (SSSR count). The van der Waals surface area contributed by atoms with E-state index in [9.17, 15) is 0 Å². The van der Waals surface area contributed by atoms with E-state index in [1.54, 1.807) is 0 Å². The van der Waals surface area contributed by atoms with Crippen LogP contribution in [0.15, 0.2) is 22.8 Å². The van der Waals surface area contributed by atoms with Crippen LogP contribution in [0.5, 0.6) is 0 Å². The van der Waals surface area contributed by atoms with Crippen molar-refractivity contribution in [2.24, 2.45) is 0 Å². The summed E-state index contributed by atoms with van der Waals surface area (Å²) in [6.07, 6.45) is 5.84. The van der Waals surface area contributed by atoms with Crippen LogP contribution in [0.3, 0.4) is 0 Å². The first-order valence-electron chi connectivity index (χ1n) is 6.12. The summed E-state index contributed by atoms with van der Waals surface area (Å²) in [7, 11) is 2.25. The average Bonchev–Trinajstić information content (AvgIpc) is 2.76. The topological polar surface area (TPSA) is 20.5 Å². The Kier molecular flexibility index (Phi) is 1.97. The zero-order valence-corrected chi connectivity index (χ0v) is 11.3. The molecule has 2 atom stereocenters. The average molecular weight is 292 g/mol. The van der Waals surface area contributed by atoms with Gasteiger partial charge in [-0.05, 0) is 48.0 Å². The van der Waals surface area contributed by atoms with Crippen LogP contribution in [0.1, 0.15) is 30.3 Å². The highest BCUT2D eigenvalue weighted by molar-refractivity contribution is 9.10. The molecule has 4 heteroatoms.